The zero-order chi connectivity index (χ0) is 14.0. The number of nitrogens with two attached hydrogens (primary N) is 1. The summed E-state index contributed by atoms with van der Waals surface area (Å²) in [6.45, 7) is 13.5. The summed E-state index contributed by atoms with van der Waals surface area (Å²) in [6.07, 6.45) is 8.88. The SMILES string of the molecule is CCCCCN(C(C)C)C(CN)(CCC)CCC. The Hall–Kier alpha value is -0.0800. The summed E-state index contributed by atoms with van der Waals surface area (Å²) >= 11 is 0. The molecule has 2 heteroatoms. The van der Waals surface area contributed by atoms with Gasteiger partial charge in [0.1, 0.15) is 0 Å². The lowest BCUT2D eigenvalue weighted by Gasteiger charge is -2.46. The van der Waals surface area contributed by atoms with E-state index in [-0.39, 0.29) is 5.54 Å². The average Bonchev–Trinajstić information content (AvgIpc) is 2.34. The zero-order valence-electron chi connectivity index (χ0n) is 13.5. The molecule has 0 unspecified atom stereocenters. The second kappa shape index (κ2) is 9.80. The third kappa shape index (κ3) is 5.27. The van der Waals surface area contributed by atoms with Crippen molar-refractivity contribution in [2.45, 2.75) is 91.1 Å². The molecule has 110 valence electrons. The normalized spacial score (nSPS) is 12.7. The van der Waals surface area contributed by atoms with E-state index in [1.54, 1.807) is 0 Å². The molecule has 0 radical (unpaired) electrons. The molecule has 0 aromatic rings. The summed E-state index contributed by atoms with van der Waals surface area (Å²) in [6, 6.07) is 0.600. The van der Waals surface area contributed by atoms with Crippen LogP contribution in [0.2, 0.25) is 0 Å². The van der Waals surface area contributed by atoms with Crippen molar-refractivity contribution in [3.63, 3.8) is 0 Å². The van der Waals surface area contributed by atoms with Crippen LogP contribution in [0.5, 0.6) is 0 Å². The van der Waals surface area contributed by atoms with E-state index >= 15 is 0 Å². The van der Waals surface area contributed by atoms with Gasteiger partial charge in [0.25, 0.3) is 0 Å². The highest BCUT2D eigenvalue weighted by molar-refractivity contribution is 4.92. The molecule has 2 nitrogen and oxygen atoms in total. The van der Waals surface area contributed by atoms with Gasteiger partial charge in [-0.3, -0.25) is 4.90 Å². The molecule has 0 aliphatic carbocycles. The fourth-order valence-corrected chi connectivity index (χ4v) is 3.24. The molecule has 0 saturated carbocycles. The molecule has 0 rings (SSSR count). The lowest BCUT2D eigenvalue weighted by molar-refractivity contribution is 0.0430. The Morgan fingerprint density at radius 2 is 1.50 bits per heavy atom. The van der Waals surface area contributed by atoms with Gasteiger partial charge < -0.3 is 5.73 Å². The summed E-state index contributed by atoms with van der Waals surface area (Å²) in [5.74, 6) is 0. The maximum atomic E-state index is 6.18. The molecular weight excluding hydrogens is 220 g/mol. The predicted octanol–water partition coefficient (Wildman–Crippen LogP) is 4.18. The standard InChI is InChI=1S/C16H36N2/c1-6-9-10-13-18(15(4)5)16(14-17,11-7-2)12-8-3/h15H,6-14,17H2,1-5H3. The molecule has 0 aromatic carbocycles. The van der Waals surface area contributed by atoms with Gasteiger partial charge in [0.15, 0.2) is 0 Å². The zero-order valence-corrected chi connectivity index (χ0v) is 13.5. The first-order valence-corrected chi connectivity index (χ1v) is 8.04. The second-order valence-corrected chi connectivity index (χ2v) is 5.92. The molecule has 0 aliphatic rings. The van der Waals surface area contributed by atoms with Crippen LogP contribution in [0.1, 0.15) is 79.6 Å². The molecule has 0 fully saturated rings. The summed E-state index contributed by atoms with van der Waals surface area (Å²) < 4.78 is 0. The van der Waals surface area contributed by atoms with E-state index in [0.717, 1.165) is 6.54 Å². The molecule has 0 spiro atoms. The molecule has 2 N–H and O–H groups in total. The van der Waals surface area contributed by atoms with E-state index in [1.807, 2.05) is 0 Å². The van der Waals surface area contributed by atoms with Gasteiger partial charge in [0.2, 0.25) is 0 Å². The van der Waals surface area contributed by atoms with E-state index in [2.05, 4.69) is 39.5 Å². The number of nitrogens with zero attached hydrogens (tertiary/aromatic N) is 1. The Labute approximate surface area is 115 Å². The largest absolute Gasteiger partial charge is 0.329 e. The van der Waals surface area contributed by atoms with E-state index < -0.39 is 0 Å². The number of hydrogen-bond donors (Lipinski definition) is 1. The molecule has 0 aliphatic heterocycles. The summed E-state index contributed by atoms with van der Waals surface area (Å²) in [5.41, 5.74) is 6.42. The van der Waals surface area contributed by atoms with Gasteiger partial charge in [-0.1, -0.05) is 46.5 Å². The molecule has 0 heterocycles. The first kappa shape index (κ1) is 17.9. The van der Waals surface area contributed by atoms with E-state index in [0.29, 0.717) is 6.04 Å². The van der Waals surface area contributed by atoms with Crippen LogP contribution < -0.4 is 5.73 Å². The summed E-state index contributed by atoms with van der Waals surface area (Å²) in [5, 5.41) is 0. The van der Waals surface area contributed by atoms with Gasteiger partial charge >= 0.3 is 0 Å². The van der Waals surface area contributed by atoms with Crippen LogP contribution in [0.3, 0.4) is 0 Å². The van der Waals surface area contributed by atoms with Gasteiger partial charge in [-0.05, 0) is 39.7 Å². The van der Waals surface area contributed by atoms with Gasteiger partial charge in [0.05, 0.1) is 0 Å². The lowest BCUT2D eigenvalue weighted by atomic mass is 9.85. The predicted molar refractivity (Wildman–Crippen MR) is 83.0 cm³/mol. The Kier molecular flexibility index (Phi) is 9.76. The topological polar surface area (TPSA) is 29.3 Å². The van der Waals surface area contributed by atoms with Gasteiger partial charge in [0, 0.05) is 18.1 Å². The van der Waals surface area contributed by atoms with Crippen molar-refractivity contribution in [1.29, 1.82) is 0 Å². The quantitative estimate of drug-likeness (QED) is 0.562. The lowest BCUT2D eigenvalue weighted by Crippen LogP contribution is -2.56. The van der Waals surface area contributed by atoms with Crippen molar-refractivity contribution >= 4 is 0 Å². The van der Waals surface area contributed by atoms with Crippen LogP contribution in [0, 0.1) is 0 Å². The van der Waals surface area contributed by atoms with Crippen molar-refractivity contribution in [1.82, 2.24) is 4.90 Å². The Morgan fingerprint density at radius 1 is 0.944 bits per heavy atom. The van der Waals surface area contributed by atoms with E-state index in [9.17, 15) is 0 Å². The average molecular weight is 256 g/mol. The van der Waals surface area contributed by atoms with Crippen LogP contribution in [0.25, 0.3) is 0 Å². The van der Waals surface area contributed by atoms with Crippen molar-refractivity contribution in [2.24, 2.45) is 5.73 Å². The van der Waals surface area contributed by atoms with Gasteiger partial charge in [-0.25, -0.2) is 0 Å². The Balaban J connectivity index is 4.82. The highest BCUT2D eigenvalue weighted by Crippen LogP contribution is 2.29. The maximum Gasteiger partial charge on any atom is 0.0334 e. The fourth-order valence-electron chi connectivity index (χ4n) is 3.24. The third-order valence-corrected chi connectivity index (χ3v) is 4.05. The highest BCUT2D eigenvalue weighted by atomic mass is 15.2. The van der Waals surface area contributed by atoms with Crippen molar-refractivity contribution in [3.05, 3.63) is 0 Å². The molecule has 0 aromatic heterocycles. The smallest absolute Gasteiger partial charge is 0.0334 e. The van der Waals surface area contributed by atoms with Crippen molar-refractivity contribution < 1.29 is 0 Å². The van der Waals surface area contributed by atoms with Crippen LogP contribution in [0.4, 0.5) is 0 Å². The molecule has 0 saturated heterocycles. The van der Waals surface area contributed by atoms with Crippen LogP contribution in [0.15, 0.2) is 0 Å². The van der Waals surface area contributed by atoms with Crippen LogP contribution in [-0.4, -0.2) is 29.6 Å². The first-order chi connectivity index (χ1) is 8.57. The van der Waals surface area contributed by atoms with Gasteiger partial charge in [-0.2, -0.15) is 0 Å². The van der Waals surface area contributed by atoms with E-state index in [1.165, 1.54) is 51.5 Å². The first-order valence-electron chi connectivity index (χ1n) is 8.04. The highest BCUT2D eigenvalue weighted by Gasteiger charge is 2.34. The number of unbranched alkanes of at least 4 members (excludes halogenated alkanes) is 2. The molecular formula is C16H36N2. The molecule has 0 bridgehead atoms. The Bertz CT molecular complexity index is 184. The summed E-state index contributed by atoms with van der Waals surface area (Å²) in [7, 11) is 0. The van der Waals surface area contributed by atoms with Crippen molar-refractivity contribution in [3.8, 4) is 0 Å². The minimum atomic E-state index is 0.241. The summed E-state index contributed by atoms with van der Waals surface area (Å²) in [4.78, 5) is 2.69. The van der Waals surface area contributed by atoms with Crippen LogP contribution in [-0.2, 0) is 0 Å². The molecule has 18 heavy (non-hydrogen) atoms. The minimum absolute atomic E-state index is 0.241. The monoisotopic (exact) mass is 256 g/mol. The van der Waals surface area contributed by atoms with Crippen molar-refractivity contribution in [2.75, 3.05) is 13.1 Å². The Morgan fingerprint density at radius 3 is 1.83 bits per heavy atom. The number of hydrogen-bond acceptors (Lipinski definition) is 2. The maximum absolute atomic E-state index is 6.18. The molecule has 0 amide bonds. The van der Waals surface area contributed by atoms with E-state index in [4.69, 9.17) is 5.73 Å². The van der Waals surface area contributed by atoms with Crippen LogP contribution >= 0.6 is 0 Å². The third-order valence-electron chi connectivity index (χ3n) is 4.05. The minimum Gasteiger partial charge on any atom is -0.329 e. The number of rotatable bonds is 11. The fraction of sp³-hybridized carbons (Fsp3) is 1.00. The second-order valence-electron chi connectivity index (χ2n) is 5.92. The van der Waals surface area contributed by atoms with Gasteiger partial charge in [-0.15, -0.1) is 0 Å². The molecule has 0 atom stereocenters.